The van der Waals surface area contributed by atoms with E-state index in [1.54, 1.807) is 18.2 Å². The van der Waals surface area contributed by atoms with E-state index in [9.17, 15) is 8.42 Å². The lowest BCUT2D eigenvalue weighted by Gasteiger charge is -2.11. The molecule has 3 rings (SSSR count). The lowest BCUT2D eigenvalue weighted by Crippen LogP contribution is -2.21. The summed E-state index contributed by atoms with van der Waals surface area (Å²) in [5.74, 6) is 0.439. The molecule has 2 aromatic carbocycles. The van der Waals surface area contributed by atoms with Gasteiger partial charge < -0.3 is 0 Å². The molecular weight excluding hydrogens is 342 g/mol. The highest BCUT2D eigenvalue weighted by molar-refractivity contribution is 7.94. The lowest BCUT2D eigenvalue weighted by molar-refractivity contribution is 0.598. The monoisotopic (exact) mass is 351 g/mol. The molecule has 8 heteroatoms. The highest BCUT2D eigenvalue weighted by atomic mass is 35.5. The summed E-state index contributed by atoms with van der Waals surface area (Å²) in [5.41, 5.74) is 0.798. The topological polar surface area (TPSA) is 63.2 Å². The van der Waals surface area contributed by atoms with Gasteiger partial charge in [-0.3, -0.25) is 0 Å². The number of hydrogen-bond donors (Lipinski definition) is 0. The van der Waals surface area contributed by atoms with E-state index < -0.39 is 10.0 Å². The number of halogens is 1. The summed E-state index contributed by atoms with van der Waals surface area (Å²) in [6, 6.07) is 17.2. The minimum Gasteiger partial charge on any atom is -0.200 e. The average molecular weight is 352 g/mol. The van der Waals surface area contributed by atoms with Crippen molar-refractivity contribution < 1.29 is 8.42 Å². The molecule has 0 fully saturated rings. The molecular formula is C14H10ClN3O2S2. The molecule has 0 spiro atoms. The minimum atomic E-state index is -3.85. The molecule has 0 aliphatic rings. The van der Waals surface area contributed by atoms with Crippen LogP contribution in [-0.4, -0.2) is 17.8 Å². The van der Waals surface area contributed by atoms with Gasteiger partial charge in [-0.25, -0.2) is 0 Å². The molecule has 0 N–H and O–H groups in total. The molecule has 0 saturated carbocycles. The van der Waals surface area contributed by atoms with Crippen LogP contribution in [0.25, 0.3) is 11.4 Å². The summed E-state index contributed by atoms with van der Waals surface area (Å²) in [6.07, 6.45) is 0. The van der Waals surface area contributed by atoms with Crippen molar-refractivity contribution in [1.29, 1.82) is 0 Å². The second kappa shape index (κ2) is 6.04. The van der Waals surface area contributed by atoms with Gasteiger partial charge in [0.2, 0.25) is 5.13 Å². The van der Waals surface area contributed by atoms with Crippen molar-refractivity contribution in [2.24, 2.45) is 0 Å². The molecule has 22 heavy (non-hydrogen) atoms. The Hall–Kier alpha value is -1.96. The van der Waals surface area contributed by atoms with Crippen LogP contribution in [0.15, 0.2) is 65.6 Å². The highest BCUT2D eigenvalue weighted by Gasteiger charge is 2.26. The van der Waals surface area contributed by atoms with Gasteiger partial charge in [0.05, 0.1) is 4.90 Å². The van der Waals surface area contributed by atoms with E-state index in [0.29, 0.717) is 9.65 Å². The van der Waals surface area contributed by atoms with E-state index in [4.69, 9.17) is 11.8 Å². The van der Waals surface area contributed by atoms with E-state index in [-0.39, 0.29) is 10.0 Å². The van der Waals surface area contributed by atoms with Crippen molar-refractivity contribution >= 4 is 38.5 Å². The normalized spacial score (nSPS) is 11.3. The van der Waals surface area contributed by atoms with Crippen LogP contribution < -0.4 is 3.82 Å². The molecule has 3 aromatic rings. The third-order valence-electron chi connectivity index (χ3n) is 2.85. The van der Waals surface area contributed by atoms with Crippen LogP contribution in [0.1, 0.15) is 0 Å². The maximum absolute atomic E-state index is 12.4. The summed E-state index contributed by atoms with van der Waals surface area (Å²) in [6.45, 7) is 0. The van der Waals surface area contributed by atoms with Crippen LogP contribution in [0.3, 0.4) is 0 Å². The molecule has 0 unspecified atom stereocenters. The lowest BCUT2D eigenvalue weighted by atomic mass is 10.2. The van der Waals surface area contributed by atoms with Gasteiger partial charge in [-0.1, -0.05) is 48.5 Å². The van der Waals surface area contributed by atoms with Crippen LogP contribution in [0, 0.1) is 0 Å². The van der Waals surface area contributed by atoms with Crippen molar-refractivity contribution in [3.8, 4) is 11.4 Å². The van der Waals surface area contributed by atoms with Crippen molar-refractivity contribution in [2.45, 2.75) is 4.90 Å². The van der Waals surface area contributed by atoms with Crippen LogP contribution in [0.2, 0.25) is 0 Å². The van der Waals surface area contributed by atoms with Gasteiger partial charge in [0.15, 0.2) is 5.82 Å². The zero-order valence-corrected chi connectivity index (χ0v) is 13.5. The van der Waals surface area contributed by atoms with E-state index in [0.717, 1.165) is 17.1 Å². The zero-order valence-electron chi connectivity index (χ0n) is 11.1. The molecule has 0 amide bonds. The van der Waals surface area contributed by atoms with Crippen molar-refractivity contribution in [3.05, 3.63) is 60.7 Å². The molecule has 112 valence electrons. The average Bonchev–Trinajstić information content (AvgIpc) is 3.05. The molecule has 0 radical (unpaired) electrons. The van der Waals surface area contributed by atoms with E-state index >= 15 is 0 Å². The number of sulfonamides is 1. The Morgan fingerprint density at radius 3 is 2.18 bits per heavy atom. The second-order valence-corrected chi connectivity index (χ2v) is 7.36. The van der Waals surface area contributed by atoms with Crippen LogP contribution in [-0.2, 0) is 10.0 Å². The fourth-order valence-corrected chi connectivity index (χ4v) is 3.98. The maximum Gasteiger partial charge on any atom is 0.280 e. The maximum atomic E-state index is 12.4. The molecule has 0 aliphatic carbocycles. The van der Waals surface area contributed by atoms with Crippen molar-refractivity contribution in [2.75, 3.05) is 3.82 Å². The first-order valence-electron chi connectivity index (χ1n) is 6.24. The number of benzene rings is 2. The number of nitrogens with zero attached hydrogens (tertiary/aromatic N) is 3. The van der Waals surface area contributed by atoms with Gasteiger partial charge in [0, 0.05) is 28.9 Å². The van der Waals surface area contributed by atoms with E-state index in [1.807, 2.05) is 30.3 Å². The third-order valence-corrected chi connectivity index (χ3v) is 5.94. The zero-order chi connectivity index (χ0) is 15.6. The predicted molar refractivity (Wildman–Crippen MR) is 87.3 cm³/mol. The summed E-state index contributed by atoms with van der Waals surface area (Å²) in [5, 5.41) is 0.101. The quantitative estimate of drug-likeness (QED) is 0.674. The standard InChI is InChI=1S/C14H10ClN3O2S2/c15-18(22(19,20)12-9-5-2-6-10-12)14-16-13(17-21-14)11-7-3-1-4-8-11/h1-10H. The minimum absolute atomic E-state index is 0.0986. The third kappa shape index (κ3) is 2.83. The van der Waals surface area contributed by atoms with Gasteiger partial charge in [0.25, 0.3) is 10.0 Å². The van der Waals surface area contributed by atoms with Crippen molar-refractivity contribution in [1.82, 2.24) is 9.36 Å². The summed E-state index contributed by atoms with van der Waals surface area (Å²) >= 11 is 6.91. The van der Waals surface area contributed by atoms with E-state index in [2.05, 4.69) is 9.36 Å². The highest BCUT2D eigenvalue weighted by Crippen LogP contribution is 2.29. The van der Waals surface area contributed by atoms with Crippen LogP contribution in [0.4, 0.5) is 5.13 Å². The molecule has 0 saturated heterocycles. The largest absolute Gasteiger partial charge is 0.280 e. The number of anilines is 1. The molecule has 0 bridgehead atoms. The first-order valence-corrected chi connectivity index (χ1v) is 8.79. The molecule has 0 atom stereocenters. The second-order valence-electron chi connectivity index (χ2n) is 4.30. The summed E-state index contributed by atoms with van der Waals surface area (Å²) in [7, 11) is -3.85. The first-order chi connectivity index (χ1) is 10.6. The SMILES string of the molecule is O=S(=O)(c1ccccc1)N(Cl)c1nc(-c2ccccc2)ns1. The van der Waals surface area contributed by atoms with Gasteiger partial charge >= 0.3 is 0 Å². The Bertz CT molecular complexity index is 867. The molecule has 1 heterocycles. The van der Waals surface area contributed by atoms with Gasteiger partial charge in [0.1, 0.15) is 0 Å². The van der Waals surface area contributed by atoms with Gasteiger partial charge in [-0.05, 0) is 12.1 Å². The Morgan fingerprint density at radius 1 is 0.955 bits per heavy atom. The van der Waals surface area contributed by atoms with Crippen LogP contribution in [0.5, 0.6) is 0 Å². The van der Waals surface area contributed by atoms with Gasteiger partial charge in [-0.15, -0.1) is 3.82 Å². The fraction of sp³-hybridized carbons (Fsp3) is 0. The number of aromatic nitrogens is 2. The Kier molecular flexibility index (Phi) is 4.10. The first kappa shape index (κ1) is 15.0. The number of hydrogen-bond acceptors (Lipinski definition) is 5. The molecule has 1 aromatic heterocycles. The molecule has 0 aliphatic heterocycles. The molecule has 5 nitrogen and oxygen atoms in total. The fourth-order valence-electron chi connectivity index (χ4n) is 1.78. The Labute approximate surface area is 137 Å². The Morgan fingerprint density at radius 2 is 1.55 bits per heavy atom. The summed E-state index contributed by atoms with van der Waals surface area (Å²) in [4.78, 5) is 4.29. The smallest absolute Gasteiger partial charge is 0.200 e. The summed E-state index contributed by atoms with van der Waals surface area (Å²) < 4.78 is 29.6. The van der Waals surface area contributed by atoms with Crippen molar-refractivity contribution in [3.63, 3.8) is 0 Å². The van der Waals surface area contributed by atoms with E-state index in [1.165, 1.54) is 12.1 Å². The predicted octanol–water partition coefficient (Wildman–Crippen LogP) is 3.55. The van der Waals surface area contributed by atoms with Crippen LogP contribution >= 0.6 is 23.3 Å². The number of rotatable bonds is 4. The Balaban J connectivity index is 1.94. The van der Waals surface area contributed by atoms with Gasteiger partial charge in [-0.2, -0.15) is 17.8 Å².